The molecule has 1 aromatic heterocycles. The molecule has 29 heavy (non-hydrogen) atoms. The Morgan fingerprint density at radius 2 is 1.76 bits per heavy atom. The van der Waals surface area contributed by atoms with Crippen LogP contribution in [-0.4, -0.2) is 22.9 Å². The number of nitrogens with zero attached hydrogens (tertiary/aromatic N) is 1. The van der Waals surface area contributed by atoms with Crippen LogP contribution in [0.1, 0.15) is 35.5 Å². The third kappa shape index (κ3) is 5.51. The van der Waals surface area contributed by atoms with E-state index in [4.69, 9.17) is 4.74 Å². The Bertz CT molecular complexity index is 965. The zero-order valence-corrected chi connectivity index (χ0v) is 17.5. The molecule has 1 amide bonds. The Morgan fingerprint density at radius 3 is 2.41 bits per heavy atom. The molecule has 6 heteroatoms. The molecule has 0 fully saturated rings. The molecule has 5 nitrogen and oxygen atoms in total. The fourth-order valence-electron chi connectivity index (χ4n) is 2.75. The number of carbonyl (C=O) groups excluding carboxylic acids is 2. The first kappa shape index (κ1) is 20.7. The highest BCUT2D eigenvalue weighted by Crippen LogP contribution is 2.23. The third-order valence-corrected chi connectivity index (χ3v) is 5.40. The molecule has 1 heterocycles. The van der Waals surface area contributed by atoms with Crippen molar-refractivity contribution < 1.29 is 14.3 Å². The van der Waals surface area contributed by atoms with Crippen molar-refractivity contribution in [2.45, 2.75) is 33.4 Å². The lowest BCUT2D eigenvalue weighted by molar-refractivity contribution is -0.148. The van der Waals surface area contributed by atoms with E-state index in [0.29, 0.717) is 11.3 Å². The van der Waals surface area contributed by atoms with Crippen LogP contribution < -0.4 is 5.32 Å². The van der Waals surface area contributed by atoms with Gasteiger partial charge in [0.2, 0.25) is 0 Å². The summed E-state index contributed by atoms with van der Waals surface area (Å²) < 4.78 is 5.45. The number of benzene rings is 2. The molecule has 0 spiro atoms. The maximum absolute atomic E-state index is 12.6. The topological polar surface area (TPSA) is 68.3 Å². The molecule has 150 valence electrons. The summed E-state index contributed by atoms with van der Waals surface area (Å²) >= 11 is 1.51. The lowest BCUT2D eigenvalue weighted by Crippen LogP contribution is -2.45. The van der Waals surface area contributed by atoms with Crippen LogP contribution in [0.3, 0.4) is 0 Å². The fourth-order valence-corrected chi connectivity index (χ4v) is 3.56. The Hall–Kier alpha value is -2.99. The van der Waals surface area contributed by atoms with Gasteiger partial charge in [-0.3, -0.25) is 4.79 Å². The van der Waals surface area contributed by atoms with Crippen LogP contribution in [0.4, 0.5) is 0 Å². The van der Waals surface area contributed by atoms with Gasteiger partial charge >= 0.3 is 5.97 Å². The minimum atomic E-state index is -0.726. The summed E-state index contributed by atoms with van der Waals surface area (Å²) in [6.45, 7) is 5.78. The number of amides is 1. The van der Waals surface area contributed by atoms with Crippen LogP contribution in [0.25, 0.3) is 10.6 Å². The number of rotatable bonds is 7. The molecule has 3 rings (SSSR count). The summed E-state index contributed by atoms with van der Waals surface area (Å²) in [5, 5.41) is 5.55. The molecule has 2 aromatic carbocycles. The second-order valence-corrected chi connectivity index (χ2v) is 8.04. The van der Waals surface area contributed by atoms with Crippen molar-refractivity contribution in [3.63, 3.8) is 0 Å². The molecule has 0 aliphatic heterocycles. The van der Waals surface area contributed by atoms with E-state index in [9.17, 15) is 9.59 Å². The lowest BCUT2D eigenvalue weighted by Gasteiger charge is -2.20. The van der Waals surface area contributed by atoms with E-state index in [1.54, 1.807) is 12.1 Å². The Kier molecular flexibility index (Phi) is 6.77. The lowest BCUT2D eigenvalue weighted by atomic mass is 10.0. The van der Waals surface area contributed by atoms with E-state index in [1.165, 1.54) is 11.3 Å². The quantitative estimate of drug-likeness (QED) is 0.580. The highest BCUT2D eigenvalue weighted by Gasteiger charge is 2.26. The van der Waals surface area contributed by atoms with Crippen molar-refractivity contribution in [1.82, 2.24) is 10.3 Å². The van der Waals surface area contributed by atoms with Gasteiger partial charge in [0.05, 0.1) is 5.69 Å². The Labute approximate surface area is 174 Å². The van der Waals surface area contributed by atoms with Crippen LogP contribution in [-0.2, 0) is 16.1 Å². The predicted molar refractivity (Wildman–Crippen MR) is 115 cm³/mol. The summed E-state index contributed by atoms with van der Waals surface area (Å²) in [6, 6.07) is 16.3. The van der Waals surface area contributed by atoms with Crippen LogP contribution >= 0.6 is 11.3 Å². The van der Waals surface area contributed by atoms with Gasteiger partial charge in [0, 0.05) is 16.5 Å². The first-order valence-electron chi connectivity index (χ1n) is 9.48. The van der Waals surface area contributed by atoms with Gasteiger partial charge < -0.3 is 10.1 Å². The van der Waals surface area contributed by atoms with Gasteiger partial charge in [-0.25, -0.2) is 9.78 Å². The van der Waals surface area contributed by atoms with Gasteiger partial charge in [-0.15, -0.1) is 11.3 Å². The zero-order chi connectivity index (χ0) is 20.8. The molecule has 1 N–H and O–H groups in total. The van der Waals surface area contributed by atoms with E-state index >= 15 is 0 Å². The molecule has 0 radical (unpaired) electrons. The average molecular weight is 409 g/mol. The van der Waals surface area contributed by atoms with Crippen molar-refractivity contribution in [3.8, 4) is 10.6 Å². The van der Waals surface area contributed by atoms with E-state index in [0.717, 1.165) is 16.1 Å². The van der Waals surface area contributed by atoms with E-state index in [-0.39, 0.29) is 18.4 Å². The van der Waals surface area contributed by atoms with Crippen molar-refractivity contribution in [2.24, 2.45) is 5.92 Å². The minimum Gasteiger partial charge on any atom is -0.458 e. The minimum absolute atomic E-state index is 0.0752. The average Bonchev–Trinajstić information content (AvgIpc) is 3.20. The van der Waals surface area contributed by atoms with Gasteiger partial charge in [0.1, 0.15) is 17.7 Å². The highest BCUT2D eigenvalue weighted by atomic mass is 32.1. The normalized spacial score (nSPS) is 11.9. The van der Waals surface area contributed by atoms with Crippen molar-refractivity contribution in [1.29, 1.82) is 0 Å². The standard InChI is InChI=1S/C23H24N2O3S/c1-15(2)20(25-21(26)17-11-9-16(3)10-12-17)23(27)28-13-19-14-29-22(24-19)18-7-5-4-6-8-18/h4-12,14-15,20H,13H2,1-3H3,(H,25,26)/t20-/m0/s1. The molecule has 0 aliphatic carbocycles. The highest BCUT2D eigenvalue weighted by molar-refractivity contribution is 7.13. The number of hydrogen-bond acceptors (Lipinski definition) is 5. The first-order chi connectivity index (χ1) is 13.9. The van der Waals surface area contributed by atoms with E-state index in [1.807, 2.05) is 68.6 Å². The predicted octanol–water partition coefficient (Wildman–Crippen LogP) is 4.62. The number of ether oxygens (including phenoxy) is 1. The number of esters is 1. The van der Waals surface area contributed by atoms with Crippen molar-refractivity contribution >= 4 is 23.2 Å². The first-order valence-corrected chi connectivity index (χ1v) is 10.4. The zero-order valence-electron chi connectivity index (χ0n) is 16.7. The summed E-state index contributed by atoms with van der Waals surface area (Å²) in [5.41, 5.74) is 3.30. The van der Waals surface area contributed by atoms with Crippen LogP contribution in [0.5, 0.6) is 0 Å². The Morgan fingerprint density at radius 1 is 1.07 bits per heavy atom. The number of aryl methyl sites for hydroxylation is 1. The smallest absolute Gasteiger partial charge is 0.329 e. The van der Waals surface area contributed by atoms with Gasteiger partial charge in [-0.1, -0.05) is 61.9 Å². The monoisotopic (exact) mass is 408 g/mol. The molecule has 0 saturated carbocycles. The number of hydrogen-bond donors (Lipinski definition) is 1. The molecule has 1 atom stereocenters. The Balaban J connectivity index is 1.60. The molecular weight excluding hydrogens is 384 g/mol. The fraction of sp³-hybridized carbons (Fsp3) is 0.261. The second kappa shape index (κ2) is 9.47. The van der Waals surface area contributed by atoms with Gasteiger partial charge in [0.15, 0.2) is 0 Å². The van der Waals surface area contributed by atoms with Crippen LogP contribution in [0.2, 0.25) is 0 Å². The van der Waals surface area contributed by atoms with Gasteiger partial charge in [0.25, 0.3) is 5.91 Å². The van der Waals surface area contributed by atoms with Crippen molar-refractivity contribution in [2.75, 3.05) is 0 Å². The summed E-state index contributed by atoms with van der Waals surface area (Å²) in [4.78, 5) is 29.6. The summed E-state index contributed by atoms with van der Waals surface area (Å²) in [5.74, 6) is -0.859. The molecule has 0 unspecified atom stereocenters. The van der Waals surface area contributed by atoms with Crippen LogP contribution in [0, 0.1) is 12.8 Å². The molecule has 0 saturated heterocycles. The largest absolute Gasteiger partial charge is 0.458 e. The van der Waals surface area contributed by atoms with Gasteiger partial charge in [-0.05, 0) is 25.0 Å². The molecular formula is C23H24N2O3S. The summed E-state index contributed by atoms with van der Waals surface area (Å²) in [6.07, 6.45) is 0. The molecule has 3 aromatic rings. The molecule has 0 aliphatic rings. The van der Waals surface area contributed by atoms with Crippen LogP contribution in [0.15, 0.2) is 60.0 Å². The van der Waals surface area contributed by atoms with Gasteiger partial charge in [-0.2, -0.15) is 0 Å². The maximum Gasteiger partial charge on any atom is 0.329 e. The SMILES string of the molecule is Cc1ccc(C(=O)N[C@H](C(=O)OCc2csc(-c3ccccc3)n2)C(C)C)cc1. The van der Waals surface area contributed by atoms with E-state index in [2.05, 4.69) is 10.3 Å². The molecule has 0 bridgehead atoms. The number of nitrogens with one attached hydrogen (secondary N) is 1. The third-order valence-electron chi connectivity index (χ3n) is 4.46. The number of aromatic nitrogens is 1. The summed E-state index contributed by atoms with van der Waals surface area (Å²) in [7, 11) is 0. The van der Waals surface area contributed by atoms with Crippen molar-refractivity contribution in [3.05, 3.63) is 76.8 Å². The number of thiazole rings is 1. The van der Waals surface area contributed by atoms with E-state index < -0.39 is 12.0 Å². The number of carbonyl (C=O) groups is 2. The second-order valence-electron chi connectivity index (χ2n) is 7.18. The maximum atomic E-state index is 12.6.